The van der Waals surface area contributed by atoms with Crippen LogP contribution in [0.4, 0.5) is 0 Å². The summed E-state index contributed by atoms with van der Waals surface area (Å²) in [6.07, 6.45) is 1.72. The van der Waals surface area contributed by atoms with Crippen molar-refractivity contribution in [3.05, 3.63) is 57.3 Å². The predicted octanol–water partition coefficient (Wildman–Crippen LogP) is 3.92. The van der Waals surface area contributed by atoms with Gasteiger partial charge >= 0.3 is 0 Å². The van der Waals surface area contributed by atoms with Crippen LogP contribution >= 0.6 is 27.5 Å². The smallest absolute Gasteiger partial charge is 0.268 e. The molecule has 0 aliphatic carbocycles. The molecule has 0 aliphatic heterocycles. The van der Waals surface area contributed by atoms with Gasteiger partial charge in [-0.25, -0.2) is 0 Å². The van der Waals surface area contributed by atoms with Crippen LogP contribution in [0.1, 0.15) is 29.0 Å². The highest BCUT2D eigenvalue weighted by Crippen LogP contribution is 2.22. The number of benzene rings is 1. The van der Waals surface area contributed by atoms with E-state index in [-0.39, 0.29) is 11.9 Å². The molecule has 1 aromatic heterocycles. The molecule has 1 amide bonds. The number of amides is 1. The molecule has 2 N–H and O–H groups in total. The second-order valence-corrected chi connectivity index (χ2v) is 5.27. The van der Waals surface area contributed by atoms with Crippen molar-refractivity contribution >= 4 is 33.4 Å². The average Bonchev–Trinajstić information content (AvgIpc) is 2.76. The van der Waals surface area contributed by atoms with Gasteiger partial charge in [0.25, 0.3) is 5.91 Å². The summed E-state index contributed by atoms with van der Waals surface area (Å²) in [5.41, 5.74) is 1.42. The second-order valence-electron chi connectivity index (χ2n) is 3.95. The molecule has 0 radical (unpaired) electrons. The van der Waals surface area contributed by atoms with E-state index < -0.39 is 0 Å². The summed E-state index contributed by atoms with van der Waals surface area (Å²) in [6, 6.07) is 9.06. The van der Waals surface area contributed by atoms with Gasteiger partial charge in [-0.05, 0) is 40.5 Å². The fourth-order valence-electron chi connectivity index (χ4n) is 1.68. The molecule has 1 atom stereocenters. The number of aromatic nitrogens is 1. The zero-order valence-electron chi connectivity index (χ0n) is 9.71. The minimum absolute atomic E-state index is 0.145. The summed E-state index contributed by atoms with van der Waals surface area (Å²) in [4.78, 5) is 14.8. The molecule has 3 nitrogen and oxygen atoms in total. The topological polar surface area (TPSA) is 44.9 Å². The molecule has 0 unspecified atom stereocenters. The van der Waals surface area contributed by atoms with Crippen LogP contribution in [0.5, 0.6) is 0 Å². The SMILES string of the molecule is C[C@H](NC(=O)c1cc(Br)c[nH]1)c1ccccc1Cl. The Bertz CT molecular complexity index is 568. The van der Waals surface area contributed by atoms with E-state index in [2.05, 4.69) is 26.2 Å². The number of H-pyrrole nitrogens is 1. The maximum Gasteiger partial charge on any atom is 0.268 e. The quantitative estimate of drug-likeness (QED) is 0.881. The molecule has 0 spiro atoms. The highest BCUT2D eigenvalue weighted by atomic mass is 79.9. The number of halogens is 2. The van der Waals surface area contributed by atoms with Crippen LogP contribution in [0.25, 0.3) is 0 Å². The lowest BCUT2D eigenvalue weighted by Gasteiger charge is -2.15. The van der Waals surface area contributed by atoms with E-state index in [0.29, 0.717) is 10.7 Å². The van der Waals surface area contributed by atoms with Gasteiger partial charge in [0.2, 0.25) is 0 Å². The zero-order valence-corrected chi connectivity index (χ0v) is 12.0. The Morgan fingerprint density at radius 2 is 2.17 bits per heavy atom. The minimum atomic E-state index is -0.159. The Morgan fingerprint density at radius 3 is 2.78 bits per heavy atom. The van der Waals surface area contributed by atoms with E-state index in [1.807, 2.05) is 31.2 Å². The number of carbonyl (C=O) groups excluding carboxylic acids is 1. The Kier molecular flexibility index (Phi) is 4.09. The molecular formula is C13H12BrClN2O. The average molecular weight is 328 g/mol. The number of nitrogens with one attached hydrogen (secondary N) is 2. The van der Waals surface area contributed by atoms with Crippen molar-refractivity contribution < 1.29 is 4.79 Å². The zero-order chi connectivity index (χ0) is 13.1. The van der Waals surface area contributed by atoms with Crippen molar-refractivity contribution in [2.75, 3.05) is 0 Å². The summed E-state index contributed by atoms with van der Waals surface area (Å²) in [6.45, 7) is 1.90. The molecule has 0 aliphatic rings. The summed E-state index contributed by atoms with van der Waals surface area (Å²) >= 11 is 9.38. The van der Waals surface area contributed by atoms with Crippen molar-refractivity contribution in [2.45, 2.75) is 13.0 Å². The molecule has 94 valence electrons. The molecule has 0 saturated carbocycles. The summed E-state index contributed by atoms with van der Waals surface area (Å²) < 4.78 is 0.845. The lowest BCUT2D eigenvalue weighted by atomic mass is 10.1. The molecule has 5 heteroatoms. The van der Waals surface area contributed by atoms with Gasteiger partial charge in [0, 0.05) is 15.7 Å². The summed E-state index contributed by atoms with van der Waals surface area (Å²) in [5, 5.41) is 3.54. The van der Waals surface area contributed by atoms with E-state index in [1.54, 1.807) is 12.3 Å². The maximum absolute atomic E-state index is 11.9. The third-order valence-corrected chi connectivity index (χ3v) is 3.41. The molecule has 0 saturated heterocycles. The Hall–Kier alpha value is -1.26. The van der Waals surface area contributed by atoms with E-state index in [0.717, 1.165) is 10.0 Å². The summed E-state index contributed by atoms with van der Waals surface area (Å²) in [5.74, 6) is -0.159. The van der Waals surface area contributed by atoms with Gasteiger partial charge in [-0.1, -0.05) is 29.8 Å². The van der Waals surface area contributed by atoms with Crippen LogP contribution in [0, 0.1) is 0 Å². The first-order valence-electron chi connectivity index (χ1n) is 5.47. The van der Waals surface area contributed by atoms with Gasteiger partial charge in [0.05, 0.1) is 6.04 Å². The van der Waals surface area contributed by atoms with Crippen LogP contribution < -0.4 is 5.32 Å². The molecule has 18 heavy (non-hydrogen) atoms. The monoisotopic (exact) mass is 326 g/mol. The van der Waals surface area contributed by atoms with Crippen LogP contribution in [0.3, 0.4) is 0 Å². The predicted molar refractivity (Wildman–Crippen MR) is 75.8 cm³/mol. The Balaban J connectivity index is 2.10. The third-order valence-electron chi connectivity index (χ3n) is 2.61. The maximum atomic E-state index is 11.9. The van der Waals surface area contributed by atoms with Crippen molar-refractivity contribution in [3.8, 4) is 0 Å². The van der Waals surface area contributed by atoms with Crippen LogP contribution in [0.15, 0.2) is 41.0 Å². The molecule has 1 heterocycles. The number of rotatable bonds is 3. The first-order chi connectivity index (χ1) is 8.58. The van der Waals surface area contributed by atoms with Gasteiger partial charge in [-0.2, -0.15) is 0 Å². The standard InChI is InChI=1S/C13H12BrClN2O/c1-8(10-4-2-3-5-11(10)15)17-13(18)12-6-9(14)7-16-12/h2-8,16H,1H3,(H,17,18)/t8-/m0/s1. The van der Waals surface area contributed by atoms with E-state index in [1.165, 1.54) is 0 Å². The van der Waals surface area contributed by atoms with E-state index >= 15 is 0 Å². The molecular weight excluding hydrogens is 316 g/mol. The first-order valence-corrected chi connectivity index (χ1v) is 6.64. The third kappa shape index (κ3) is 2.94. The fourth-order valence-corrected chi connectivity index (χ4v) is 2.32. The van der Waals surface area contributed by atoms with Gasteiger partial charge in [0.1, 0.15) is 5.69 Å². The normalized spacial score (nSPS) is 12.2. The van der Waals surface area contributed by atoms with Crippen molar-refractivity contribution in [2.24, 2.45) is 0 Å². The van der Waals surface area contributed by atoms with Crippen LogP contribution in [-0.4, -0.2) is 10.9 Å². The number of carbonyl (C=O) groups is 1. The highest BCUT2D eigenvalue weighted by Gasteiger charge is 2.14. The largest absolute Gasteiger partial charge is 0.356 e. The lowest BCUT2D eigenvalue weighted by molar-refractivity contribution is 0.0935. The van der Waals surface area contributed by atoms with Gasteiger partial charge in [0.15, 0.2) is 0 Å². The summed E-state index contributed by atoms with van der Waals surface area (Å²) in [7, 11) is 0. The molecule has 2 rings (SSSR count). The number of hydrogen-bond acceptors (Lipinski definition) is 1. The first kappa shape index (κ1) is 13.2. The Morgan fingerprint density at radius 1 is 1.44 bits per heavy atom. The molecule has 2 aromatic rings. The van der Waals surface area contributed by atoms with Gasteiger partial charge in [-0.3, -0.25) is 4.79 Å². The van der Waals surface area contributed by atoms with Crippen LogP contribution in [0.2, 0.25) is 5.02 Å². The van der Waals surface area contributed by atoms with E-state index in [4.69, 9.17) is 11.6 Å². The van der Waals surface area contributed by atoms with Crippen molar-refractivity contribution in [1.29, 1.82) is 0 Å². The molecule has 0 bridgehead atoms. The Labute approximate surface area is 119 Å². The van der Waals surface area contributed by atoms with Gasteiger partial charge < -0.3 is 10.3 Å². The van der Waals surface area contributed by atoms with Gasteiger partial charge in [-0.15, -0.1) is 0 Å². The second kappa shape index (κ2) is 5.59. The molecule has 1 aromatic carbocycles. The van der Waals surface area contributed by atoms with Crippen molar-refractivity contribution in [3.63, 3.8) is 0 Å². The fraction of sp³-hybridized carbons (Fsp3) is 0.154. The number of hydrogen-bond donors (Lipinski definition) is 2. The minimum Gasteiger partial charge on any atom is -0.356 e. The number of aromatic amines is 1. The molecule has 0 fully saturated rings. The van der Waals surface area contributed by atoms with Crippen LogP contribution in [-0.2, 0) is 0 Å². The van der Waals surface area contributed by atoms with Crippen molar-refractivity contribution in [1.82, 2.24) is 10.3 Å². The highest BCUT2D eigenvalue weighted by molar-refractivity contribution is 9.10. The lowest BCUT2D eigenvalue weighted by Crippen LogP contribution is -2.27. The van der Waals surface area contributed by atoms with E-state index in [9.17, 15) is 4.79 Å².